The number of pyridine rings is 1. The van der Waals surface area contributed by atoms with Gasteiger partial charge in [0.1, 0.15) is 0 Å². The summed E-state index contributed by atoms with van der Waals surface area (Å²) >= 11 is 3.37. The highest BCUT2D eigenvalue weighted by Crippen LogP contribution is 2.19. The summed E-state index contributed by atoms with van der Waals surface area (Å²) < 4.78 is 0.975. The molecule has 1 aromatic carbocycles. The minimum Gasteiger partial charge on any atom is -0.368 e. The molecule has 21 heavy (non-hydrogen) atoms. The van der Waals surface area contributed by atoms with Crippen molar-refractivity contribution in [3.05, 3.63) is 58.8 Å². The number of nitrogens with zero attached hydrogens (tertiary/aromatic N) is 2. The standard InChI is InChI=1S/C16H16BrN3O/c17-13-5-3-12(4-6-13)16(21)19-14-7-9-20(11-14)15-2-1-8-18-10-15/h1-6,8,10,14H,7,9,11H2,(H,19,21)/t14-/m0/s1. The molecule has 0 saturated carbocycles. The van der Waals surface area contributed by atoms with Crippen LogP contribution in [0.5, 0.6) is 0 Å². The van der Waals surface area contributed by atoms with Gasteiger partial charge in [-0.1, -0.05) is 15.9 Å². The van der Waals surface area contributed by atoms with E-state index in [1.54, 1.807) is 6.20 Å². The van der Waals surface area contributed by atoms with Gasteiger partial charge in [-0.05, 0) is 42.8 Å². The highest BCUT2D eigenvalue weighted by atomic mass is 79.9. The third kappa shape index (κ3) is 3.42. The summed E-state index contributed by atoms with van der Waals surface area (Å²) in [5.41, 5.74) is 1.80. The molecule has 4 nitrogen and oxygen atoms in total. The average Bonchev–Trinajstić information content (AvgIpc) is 2.97. The summed E-state index contributed by atoms with van der Waals surface area (Å²) in [4.78, 5) is 18.6. The quantitative estimate of drug-likeness (QED) is 0.930. The molecule has 5 heteroatoms. The molecule has 0 unspecified atom stereocenters. The summed E-state index contributed by atoms with van der Waals surface area (Å²) in [6.45, 7) is 1.77. The first-order valence-electron chi connectivity index (χ1n) is 6.94. The number of aromatic nitrogens is 1. The number of amides is 1. The molecule has 1 saturated heterocycles. The number of carbonyl (C=O) groups is 1. The van der Waals surface area contributed by atoms with Crippen LogP contribution in [0.15, 0.2) is 53.3 Å². The van der Waals surface area contributed by atoms with Gasteiger partial charge in [-0.15, -0.1) is 0 Å². The number of anilines is 1. The minimum atomic E-state index is -0.0134. The van der Waals surface area contributed by atoms with E-state index in [4.69, 9.17) is 0 Å². The van der Waals surface area contributed by atoms with E-state index >= 15 is 0 Å². The lowest BCUT2D eigenvalue weighted by atomic mass is 10.2. The summed E-state index contributed by atoms with van der Waals surface area (Å²) in [7, 11) is 0. The fourth-order valence-electron chi connectivity index (χ4n) is 2.52. The first kappa shape index (κ1) is 14.1. The smallest absolute Gasteiger partial charge is 0.251 e. The Bertz CT molecular complexity index is 615. The van der Waals surface area contributed by atoms with Crippen molar-refractivity contribution >= 4 is 27.5 Å². The summed E-state index contributed by atoms with van der Waals surface area (Å²) in [5.74, 6) is -0.0134. The van der Waals surface area contributed by atoms with Crippen molar-refractivity contribution in [2.24, 2.45) is 0 Å². The molecule has 1 aliphatic rings. The SMILES string of the molecule is O=C(N[C@H]1CCN(c2cccnc2)C1)c1ccc(Br)cc1. The second kappa shape index (κ2) is 6.26. The number of carbonyl (C=O) groups excluding carboxylic acids is 1. The van der Waals surface area contributed by atoms with Crippen molar-refractivity contribution in [1.29, 1.82) is 0 Å². The van der Waals surface area contributed by atoms with Gasteiger partial charge in [0.25, 0.3) is 5.91 Å². The van der Waals surface area contributed by atoms with Gasteiger partial charge in [0.05, 0.1) is 11.9 Å². The number of hydrogen-bond donors (Lipinski definition) is 1. The van der Waals surface area contributed by atoms with Crippen molar-refractivity contribution in [3.8, 4) is 0 Å². The summed E-state index contributed by atoms with van der Waals surface area (Å²) in [6.07, 6.45) is 4.59. The van der Waals surface area contributed by atoms with Crippen LogP contribution in [-0.4, -0.2) is 30.0 Å². The molecule has 3 rings (SSSR count). The fraction of sp³-hybridized carbons (Fsp3) is 0.250. The molecule has 1 atom stereocenters. The van der Waals surface area contributed by atoms with E-state index in [1.165, 1.54) is 0 Å². The molecule has 2 aromatic rings. The van der Waals surface area contributed by atoms with Crippen LogP contribution < -0.4 is 10.2 Å². The molecule has 0 aliphatic carbocycles. The molecule has 0 spiro atoms. The molecular weight excluding hydrogens is 330 g/mol. The van der Waals surface area contributed by atoms with Crippen LogP contribution in [0.4, 0.5) is 5.69 Å². The first-order chi connectivity index (χ1) is 10.2. The Morgan fingerprint density at radius 1 is 1.29 bits per heavy atom. The molecule has 1 aromatic heterocycles. The highest BCUT2D eigenvalue weighted by molar-refractivity contribution is 9.10. The van der Waals surface area contributed by atoms with Gasteiger partial charge >= 0.3 is 0 Å². The van der Waals surface area contributed by atoms with Crippen molar-refractivity contribution in [2.45, 2.75) is 12.5 Å². The van der Waals surface area contributed by atoms with E-state index in [9.17, 15) is 4.79 Å². The Labute approximate surface area is 132 Å². The van der Waals surface area contributed by atoms with Gasteiger partial charge in [0.2, 0.25) is 0 Å². The van der Waals surface area contributed by atoms with E-state index in [1.807, 2.05) is 42.6 Å². The zero-order valence-electron chi connectivity index (χ0n) is 11.5. The van der Waals surface area contributed by atoms with Gasteiger partial charge in [-0.25, -0.2) is 0 Å². The first-order valence-corrected chi connectivity index (χ1v) is 7.73. The summed E-state index contributed by atoms with van der Waals surface area (Å²) in [5, 5.41) is 3.10. The van der Waals surface area contributed by atoms with Crippen molar-refractivity contribution in [2.75, 3.05) is 18.0 Å². The van der Waals surface area contributed by atoms with Gasteiger partial charge in [-0.3, -0.25) is 9.78 Å². The number of hydrogen-bond acceptors (Lipinski definition) is 3. The van der Waals surface area contributed by atoms with E-state index in [-0.39, 0.29) is 11.9 Å². The maximum absolute atomic E-state index is 12.2. The lowest BCUT2D eigenvalue weighted by molar-refractivity contribution is 0.0940. The van der Waals surface area contributed by atoms with Crippen molar-refractivity contribution in [3.63, 3.8) is 0 Å². The Kier molecular flexibility index (Phi) is 4.20. The number of benzene rings is 1. The monoisotopic (exact) mass is 345 g/mol. The topological polar surface area (TPSA) is 45.2 Å². The summed E-state index contributed by atoms with van der Waals surface area (Å²) in [6, 6.07) is 11.6. The second-order valence-corrected chi connectivity index (χ2v) is 6.04. The predicted molar refractivity (Wildman–Crippen MR) is 86.5 cm³/mol. The van der Waals surface area contributed by atoms with Crippen LogP contribution in [0, 0.1) is 0 Å². The fourth-order valence-corrected chi connectivity index (χ4v) is 2.79. The Hall–Kier alpha value is -1.88. The van der Waals surface area contributed by atoms with Gasteiger partial charge < -0.3 is 10.2 Å². The minimum absolute atomic E-state index is 0.0134. The zero-order valence-corrected chi connectivity index (χ0v) is 13.1. The van der Waals surface area contributed by atoms with Gasteiger partial charge in [0.15, 0.2) is 0 Å². The van der Waals surface area contributed by atoms with Gasteiger partial charge in [-0.2, -0.15) is 0 Å². The number of nitrogens with one attached hydrogen (secondary N) is 1. The normalized spacial score (nSPS) is 17.8. The highest BCUT2D eigenvalue weighted by Gasteiger charge is 2.24. The maximum Gasteiger partial charge on any atom is 0.251 e. The van der Waals surface area contributed by atoms with Crippen LogP contribution in [0.1, 0.15) is 16.8 Å². The van der Waals surface area contributed by atoms with Crippen LogP contribution >= 0.6 is 15.9 Å². The Morgan fingerprint density at radius 2 is 2.10 bits per heavy atom. The van der Waals surface area contributed by atoms with Crippen LogP contribution in [0.3, 0.4) is 0 Å². The molecule has 1 amide bonds. The molecule has 1 N–H and O–H groups in total. The molecule has 108 valence electrons. The molecular formula is C16H16BrN3O. The molecule has 1 aliphatic heterocycles. The zero-order chi connectivity index (χ0) is 14.7. The van der Waals surface area contributed by atoms with Crippen molar-refractivity contribution in [1.82, 2.24) is 10.3 Å². The van der Waals surface area contributed by atoms with Gasteiger partial charge in [0, 0.05) is 35.4 Å². The van der Waals surface area contributed by atoms with Crippen molar-refractivity contribution < 1.29 is 4.79 Å². The molecule has 0 radical (unpaired) electrons. The van der Waals surface area contributed by atoms with E-state index in [0.717, 1.165) is 29.7 Å². The predicted octanol–water partition coefficient (Wildman–Crippen LogP) is 2.85. The average molecular weight is 346 g/mol. The third-order valence-electron chi connectivity index (χ3n) is 3.64. The van der Waals surface area contributed by atoms with Crippen LogP contribution in [0.25, 0.3) is 0 Å². The van der Waals surface area contributed by atoms with Crippen LogP contribution in [-0.2, 0) is 0 Å². The lowest BCUT2D eigenvalue weighted by Gasteiger charge is -2.18. The number of rotatable bonds is 3. The van der Waals surface area contributed by atoms with E-state index in [2.05, 4.69) is 31.1 Å². The third-order valence-corrected chi connectivity index (χ3v) is 4.17. The number of halogens is 1. The maximum atomic E-state index is 12.2. The molecule has 1 fully saturated rings. The molecule has 0 bridgehead atoms. The lowest BCUT2D eigenvalue weighted by Crippen LogP contribution is -2.37. The second-order valence-electron chi connectivity index (χ2n) is 5.12. The van der Waals surface area contributed by atoms with Crippen LogP contribution in [0.2, 0.25) is 0 Å². The van der Waals surface area contributed by atoms with E-state index < -0.39 is 0 Å². The Morgan fingerprint density at radius 3 is 2.81 bits per heavy atom. The molecule has 2 heterocycles. The van der Waals surface area contributed by atoms with E-state index in [0.29, 0.717) is 5.56 Å². The Balaban J connectivity index is 1.60. The largest absolute Gasteiger partial charge is 0.368 e.